The maximum absolute atomic E-state index is 12.1. The maximum Gasteiger partial charge on any atom is 0.306 e. The molecule has 0 aliphatic carbocycles. The van der Waals surface area contributed by atoms with Gasteiger partial charge in [-0.05, 0) is 42.2 Å². The van der Waals surface area contributed by atoms with E-state index in [4.69, 9.17) is 16.3 Å². The Bertz CT molecular complexity index is 1160. The lowest BCUT2D eigenvalue weighted by Gasteiger charge is -2.14. The normalized spacial score (nSPS) is 11.7. The van der Waals surface area contributed by atoms with Gasteiger partial charge in [-0.25, -0.2) is 10.8 Å². The van der Waals surface area contributed by atoms with Gasteiger partial charge in [-0.15, -0.1) is 0 Å². The number of nitrogens with two attached hydrogens (primary N) is 2. The molecule has 0 amide bonds. The van der Waals surface area contributed by atoms with Crippen LogP contribution in [0.5, 0.6) is 5.75 Å². The number of hydrogen-bond acceptors (Lipinski definition) is 7. The highest BCUT2D eigenvalue weighted by Crippen LogP contribution is 2.33. The molecule has 0 saturated heterocycles. The van der Waals surface area contributed by atoms with Gasteiger partial charge in [0.1, 0.15) is 17.3 Å². The Morgan fingerprint density at radius 3 is 2.68 bits per heavy atom. The van der Waals surface area contributed by atoms with E-state index in [1.807, 2.05) is 43.3 Å². The van der Waals surface area contributed by atoms with Gasteiger partial charge in [-0.2, -0.15) is 0 Å². The quantitative estimate of drug-likeness (QED) is 0.273. The van der Waals surface area contributed by atoms with Crippen LogP contribution in [0.25, 0.3) is 22.5 Å². The molecule has 9 nitrogen and oxygen atoms in total. The van der Waals surface area contributed by atoms with Gasteiger partial charge >= 0.3 is 5.97 Å². The number of hydrazine groups is 1. The molecule has 0 spiro atoms. The summed E-state index contributed by atoms with van der Waals surface area (Å²) in [6.45, 7) is 3.95. The number of carbonyl (C=O) groups is 1. The first kappa shape index (κ1) is 21.8. The van der Waals surface area contributed by atoms with Crippen molar-refractivity contribution in [2.75, 3.05) is 17.8 Å². The summed E-state index contributed by atoms with van der Waals surface area (Å²) in [5.74, 6) is 4.98. The topological polar surface area (TPSA) is 156 Å². The number of aromatic nitrogens is 2. The van der Waals surface area contributed by atoms with E-state index in [2.05, 4.69) is 15.4 Å². The third kappa shape index (κ3) is 4.84. The van der Waals surface area contributed by atoms with Crippen LogP contribution < -0.4 is 27.3 Å². The van der Waals surface area contributed by atoms with Gasteiger partial charge < -0.3 is 26.0 Å². The van der Waals surface area contributed by atoms with E-state index in [9.17, 15) is 14.7 Å². The fourth-order valence-corrected chi connectivity index (χ4v) is 3.21. The Morgan fingerprint density at radius 2 is 2.00 bits per heavy atom. The van der Waals surface area contributed by atoms with Gasteiger partial charge in [0, 0.05) is 0 Å². The Kier molecular flexibility index (Phi) is 6.56. The predicted octanol–water partition coefficient (Wildman–Crippen LogP) is 2.63. The molecule has 162 valence electrons. The molecule has 7 N–H and O–H groups in total. The van der Waals surface area contributed by atoms with Crippen LogP contribution >= 0.6 is 0 Å². The fraction of sp³-hybridized carbons (Fsp3) is 0.227. The van der Waals surface area contributed by atoms with E-state index >= 15 is 0 Å². The lowest BCUT2D eigenvalue weighted by Crippen LogP contribution is -2.20. The summed E-state index contributed by atoms with van der Waals surface area (Å²) in [6, 6.07) is 13.2. The van der Waals surface area contributed by atoms with Crippen molar-refractivity contribution in [3.05, 3.63) is 58.4 Å². The molecule has 1 aromatic heterocycles. The molecular weight excluding hydrogens is 398 g/mol. The van der Waals surface area contributed by atoms with E-state index in [1.54, 1.807) is 13.0 Å². The second-order valence-corrected chi connectivity index (χ2v) is 7.11. The number of ether oxygens (including phenoxy) is 1. The van der Waals surface area contributed by atoms with Crippen molar-refractivity contribution in [3.63, 3.8) is 0 Å². The Morgan fingerprint density at radius 1 is 1.26 bits per heavy atom. The molecule has 0 aliphatic heterocycles. The number of H-pyrrole nitrogens is 1. The number of benzene rings is 2. The molecular formula is C22H25N5O4. The van der Waals surface area contributed by atoms with E-state index in [1.165, 1.54) is 0 Å². The highest BCUT2D eigenvalue weighted by Gasteiger charge is 2.15. The molecule has 1 atom stereocenters. The Balaban J connectivity index is 2.03. The van der Waals surface area contributed by atoms with Crippen LogP contribution in [0.2, 0.25) is 0 Å². The molecule has 3 rings (SSSR count). The smallest absolute Gasteiger partial charge is 0.306 e. The predicted molar refractivity (Wildman–Crippen MR) is 120 cm³/mol. The summed E-state index contributed by atoms with van der Waals surface area (Å²) in [5, 5.41) is 9.17. The van der Waals surface area contributed by atoms with E-state index in [0.29, 0.717) is 24.3 Å². The number of anilines is 2. The summed E-state index contributed by atoms with van der Waals surface area (Å²) in [5.41, 5.74) is 10.7. The zero-order chi connectivity index (χ0) is 22.5. The highest BCUT2D eigenvalue weighted by atomic mass is 16.5. The van der Waals surface area contributed by atoms with Crippen LogP contribution in [0.4, 0.5) is 11.5 Å². The molecule has 2 aromatic carbocycles. The van der Waals surface area contributed by atoms with Crippen molar-refractivity contribution in [2.24, 2.45) is 11.8 Å². The van der Waals surface area contributed by atoms with Gasteiger partial charge in [0.25, 0.3) is 5.56 Å². The number of aromatic amines is 1. The number of hydrogen-bond donors (Lipinski definition) is 5. The largest absolute Gasteiger partial charge is 0.493 e. The molecule has 0 radical (unpaired) electrons. The molecule has 0 bridgehead atoms. The van der Waals surface area contributed by atoms with Crippen molar-refractivity contribution in [3.8, 4) is 28.3 Å². The van der Waals surface area contributed by atoms with Crippen molar-refractivity contribution in [1.82, 2.24) is 9.97 Å². The minimum absolute atomic E-state index is 0.0746. The van der Waals surface area contributed by atoms with Crippen LogP contribution in [0, 0.1) is 5.92 Å². The minimum Gasteiger partial charge on any atom is -0.493 e. The average Bonchev–Trinajstić information content (AvgIpc) is 2.76. The van der Waals surface area contributed by atoms with Gasteiger partial charge in [0.05, 0.1) is 18.1 Å². The molecule has 0 fully saturated rings. The standard InChI is InChI=1S/C22H25N5O4/c1-3-31-17-11-15(14-6-4-5-13(10-14)9-12(2)22(29)30)7-8-16(17)19-25-20(27-24)18(23)21(28)26-19/h4-8,10-12H,3,9,23-24H2,1-2H3,(H,29,30)(H2,25,26,27,28). The number of rotatable bonds is 8. The summed E-state index contributed by atoms with van der Waals surface area (Å²) < 4.78 is 5.80. The van der Waals surface area contributed by atoms with Crippen LogP contribution in [-0.4, -0.2) is 27.7 Å². The zero-order valence-corrected chi connectivity index (χ0v) is 17.3. The van der Waals surface area contributed by atoms with Gasteiger partial charge in [-0.3, -0.25) is 9.59 Å². The molecule has 9 heteroatoms. The number of nitrogens with one attached hydrogen (secondary N) is 2. The van der Waals surface area contributed by atoms with Crippen LogP contribution in [0.3, 0.4) is 0 Å². The number of carboxylic acids is 1. The van der Waals surface area contributed by atoms with Crippen LogP contribution in [0.1, 0.15) is 19.4 Å². The highest BCUT2D eigenvalue weighted by molar-refractivity contribution is 5.75. The molecule has 0 saturated carbocycles. The summed E-state index contributed by atoms with van der Waals surface area (Å²) in [6.07, 6.45) is 0.436. The first-order valence-electron chi connectivity index (χ1n) is 9.79. The number of nitrogen functional groups attached to an aromatic ring is 2. The Hall–Kier alpha value is -3.85. The Labute approximate surface area is 179 Å². The van der Waals surface area contributed by atoms with Crippen molar-refractivity contribution in [2.45, 2.75) is 20.3 Å². The number of carboxylic acid groups (broad SMARTS) is 1. The molecule has 3 aromatic rings. The molecule has 31 heavy (non-hydrogen) atoms. The van der Waals surface area contributed by atoms with Crippen molar-refractivity contribution >= 4 is 17.5 Å². The van der Waals surface area contributed by atoms with Crippen LogP contribution in [-0.2, 0) is 11.2 Å². The minimum atomic E-state index is -0.829. The zero-order valence-electron chi connectivity index (χ0n) is 17.3. The number of nitrogens with zero attached hydrogens (tertiary/aromatic N) is 1. The van der Waals surface area contributed by atoms with Crippen molar-refractivity contribution < 1.29 is 14.6 Å². The third-order valence-electron chi connectivity index (χ3n) is 4.85. The molecule has 0 aliphatic rings. The van der Waals surface area contributed by atoms with Gasteiger partial charge in [0.2, 0.25) is 0 Å². The lowest BCUT2D eigenvalue weighted by atomic mass is 9.96. The monoisotopic (exact) mass is 423 g/mol. The summed E-state index contributed by atoms with van der Waals surface area (Å²) in [4.78, 5) is 30.2. The van der Waals surface area contributed by atoms with E-state index in [0.717, 1.165) is 16.7 Å². The van der Waals surface area contributed by atoms with E-state index < -0.39 is 17.4 Å². The lowest BCUT2D eigenvalue weighted by molar-refractivity contribution is -0.141. The second-order valence-electron chi connectivity index (χ2n) is 7.11. The van der Waals surface area contributed by atoms with Gasteiger partial charge in [0.15, 0.2) is 5.82 Å². The third-order valence-corrected chi connectivity index (χ3v) is 4.85. The molecule has 1 unspecified atom stereocenters. The van der Waals surface area contributed by atoms with Gasteiger partial charge in [-0.1, -0.05) is 37.3 Å². The van der Waals surface area contributed by atoms with Crippen molar-refractivity contribution in [1.29, 1.82) is 0 Å². The summed E-state index contributed by atoms with van der Waals surface area (Å²) in [7, 11) is 0. The second kappa shape index (κ2) is 9.31. The van der Waals surface area contributed by atoms with Crippen LogP contribution in [0.15, 0.2) is 47.3 Å². The average molecular weight is 423 g/mol. The molecule has 1 heterocycles. The SMILES string of the molecule is CCOc1cc(-c2cccc(CC(C)C(=O)O)c2)ccc1-c1nc(NN)c(N)c(=O)[nH]1. The van der Waals surface area contributed by atoms with E-state index in [-0.39, 0.29) is 17.3 Å². The fourth-order valence-electron chi connectivity index (χ4n) is 3.21. The number of aliphatic carboxylic acids is 1. The first-order chi connectivity index (χ1) is 14.8. The summed E-state index contributed by atoms with van der Waals surface area (Å²) >= 11 is 0. The maximum atomic E-state index is 12.1. The first-order valence-corrected chi connectivity index (χ1v) is 9.79.